The summed E-state index contributed by atoms with van der Waals surface area (Å²) in [6.45, 7) is 4.90. The molecule has 1 unspecified atom stereocenters. The first-order valence-corrected chi connectivity index (χ1v) is 8.71. The molecular weight excluding hydrogens is 328 g/mol. The molecule has 3 rings (SSSR count). The van der Waals surface area contributed by atoms with Gasteiger partial charge in [-0.25, -0.2) is 0 Å². The molecule has 1 N–H and O–H groups in total. The fourth-order valence-electron chi connectivity index (χ4n) is 2.99. The van der Waals surface area contributed by atoms with Crippen LogP contribution in [0.1, 0.15) is 41.6 Å². The van der Waals surface area contributed by atoms with Crippen LogP contribution in [-0.2, 0) is 0 Å². The predicted molar refractivity (Wildman–Crippen MR) is 88.5 cm³/mol. The summed E-state index contributed by atoms with van der Waals surface area (Å²) >= 11 is 3.50. The molecule has 2 aliphatic rings. The number of halogens is 1. The number of rotatable bonds is 5. The highest BCUT2D eigenvalue weighted by molar-refractivity contribution is 9.10. The minimum Gasteiger partial charge on any atom is -0.337 e. The summed E-state index contributed by atoms with van der Waals surface area (Å²) in [5.74, 6) is 0.915. The van der Waals surface area contributed by atoms with Crippen LogP contribution in [0.5, 0.6) is 0 Å². The Morgan fingerprint density at radius 1 is 1.33 bits per heavy atom. The van der Waals surface area contributed by atoms with Crippen LogP contribution < -0.4 is 5.32 Å². The zero-order valence-electron chi connectivity index (χ0n) is 12.6. The highest BCUT2D eigenvalue weighted by Crippen LogP contribution is 2.30. The number of hydrogen-bond donors (Lipinski definition) is 1. The maximum Gasteiger partial charge on any atom is 0.253 e. The second-order valence-electron chi connectivity index (χ2n) is 6.41. The van der Waals surface area contributed by atoms with E-state index in [-0.39, 0.29) is 5.91 Å². The molecule has 0 aromatic heterocycles. The molecule has 3 nitrogen and oxygen atoms in total. The smallest absolute Gasteiger partial charge is 0.253 e. The fourth-order valence-corrected chi connectivity index (χ4v) is 3.24. The van der Waals surface area contributed by atoms with Crippen molar-refractivity contribution in [2.45, 2.75) is 38.6 Å². The van der Waals surface area contributed by atoms with Crippen molar-refractivity contribution in [3.05, 3.63) is 33.8 Å². The lowest BCUT2D eigenvalue weighted by Crippen LogP contribution is -2.42. The second-order valence-corrected chi connectivity index (χ2v) is 7.27. The summed E-state index contributed by atoms with van der Waals surface area (Å²) in [6.07, 6.45) is 4.98. The van der Waals surface area contributed by atoms with Gasteiger partial charge in [0.05, 0.1) is 0 Å². The summed E-state index contributed by atoms with van der Waals surface area (Å²) in [6, 6.07) is 6.38. The van der Waals surface area contributed by atoms with Gasteiger partial charge in [-0.05, 0) is 68.8 Å². The van der Waals surface area contributed by atoms with Gasteiger partial charge in [0.1, 0.15) is 0 Å². The number of benzene rings is 1. The van der Waals surface area contributed by atoms with E-state index in [1.165, 1.54) is 25.7 Å². The number of nitrogens with zero attached hydrogens (tertiary/aromatic N) is 1. The zero-order chi connectivity index (χ0) is 14.8. The molecule has 0 radical (unpaired) electrons. The molecule has 21 heavy (non-hydrogen) atoms. The number of carbonyl (C=O) groups excluding carboxylic acids is 1. The van der Waals surface area contributed by atoms with Crippen LogP contribution in [-0.4, -0.2) is 36.5 Å². The third-order valence-corrected chi connectivity index (χ3v) is 5.36. The molecule has 1 amide bonds. The third kappa shape index (κ3) is 3.86. The fraction of sp³-hybridized carbons (Fsp3) is 0.588. The van der Waals surface area contributed by atoms with E-state index < -0.39 is 0 Å². The summed E-state index contributed by atoms with van der Waals surface area (Å²) in [7, 11) is 0. The number of aryl methyl sites for hydroxylation is 1. The largest absolute Gasteiger partial charge is 0.337 e. The first-order chi connectivity index (χ1) is 10.1. The van der Waals surface area contributed by atoms with Crippen LogP contribution in [0.3, 0.4) is 0 Å². The first-order valence-electron chi connectivity index (χ1n) is 7.92. The van der Waals surface area contributed by atoms with Gasteiger partial charge in [-0.15, -0.1) is 0 Å². The average Bonchev–Trinajstić information content (AvgIpc) is 3.14. The van der Waals surface area contributed by atoms with Gasteiger partial charge in [0, 0.05) is 29.2 Å². The Morgan fingerprint density at radius 3 is 2.76 bits per heavy atom. The maximum atomic E-state index is 12.8. The van der Waals surface area contributed by atoms with E-state index in [0.717, 1.165) is 41.2 Å². The normalized spacial score (nSPS) is 21.5. The predicted octanol–water partition coefficient (Wildman–Crippen LogP) is 3.36. The SMILES string of the molecule is Cc1cc(C(=O)N(CC2CC2)CC2CCCN2)ccc1Br. The molecule has 1 heterocycles. The molecule has 1 saturated heterocycles. The monoisotopic (exact) mass is 350 g/mol. The lowest BCUT2D eigenvalue weighted by molar-refractivity contribution is 0.0733. The summed E-state index contributed by atoms with van der Waals surface area (Å²) in [5.41, 5.74) is 1.93. The van der Waals surface area contributed by atoms with Crippen molar-refractivity contribution in [3.8, 4) is 0 Å². The van der Waals surface area contributed by atoms with E-state index >= 15 is 0 Å². The molecule has 0 bridgehead atoms. The van der Waals surface area contributed by atoms with Gasteiger partial charge >= 0.3 is 0 Å². The molecule has 1 saturated carbocycles. The lowest BCUT2D eigenvalue weighted by atomic mass is 10.1. The highest BCUT2D eigenvalue weighted by atomic mass is 79.9. The Hall–Kier alpha value is -0.870. The van der Waals surface area contributed by atoms with E-state index in [0.29, 0.717) is 6.04 Å². The van der Waals surface area contributed by atoms with Gasteiger partial charge in [0.2, 0.25) is 0 Å². The molecule has 1 aliphatic heterocycles. The lowest BCUT2D eigenvalue weighted by Gasteiger charge is -2.26. The summed E-state index contributed by atoms with van der Waals surface area (Å²) in [5, 5.41) is 3.51. The van der Waals surface area contributed by atoms with E-state index in [9.17, 15) is 4.79 Å². The van der Waals surface area contributed by atoms with Crippen molar-refractivity contribution >= 4 is 21.8 Å². The van der Waals surface area contributed by atoms with Gasteiger partial charge in [-0.3, -0.25) is 4.79 Å². The zero-order valence-corrected chi connectivity index (χ0v) is 14.2. The van der Waals surface area contributed by atoms with Crippen LogP contribution in [0.4, 0.5) is 0 Å². The second kappa shape index (κ2) is 6.49. The number of amides is 1. The minimum absolute atomic E-state index is 0.186. The van der Waals surface area contributed by atoms with Crippen LogP contribution >= 0.6 is 15.9 Å². The molecule has 1 aromatic carbocycles. The van der Waals surface area contributed by atoms with Crippen LogP contribution in [0.2, 0.25) is 0 Å². The third-order valence-electron chi connectivity index (χ3n) is 4.47. The van der Waals surface area contributed by atoms with E-state index in [2.05, 4.69) is 26.1 Å². The quantitative estimate of drug-likeness (QED) is 0.882. The number of carbonyl (C=O) groups is 1. The molecule has 2 fully saturated rings. The standard InChI is InChI=1S/C17H23BrN2O/c1-12-9-14(6-7-16(12)18)17(21)20(10-13-4-5-13)11-15-3-2-8-19-15/h6-7,9,13,15,19H,2-5,8,10-11H2,1H3. The Morgan fingerprint density at radius 2 is 2.14 bits per heavy atom. The van der Waals surface area contributed by atoms with E-state index in [4.69, 9.17) is 0 Å². The minimum atomic E-state index is 0.186. The average molecular weight is 351 g/mol. The highest BCUT2D eigenvalue weighted by Gasteiger charge is 2.29. The maximum absolute atomic E-state index is 12.8. The molecule has 1 aromatic rings. The summed E-state index contributed by atoms with van der Waals surface area (Å²) < 4.78 is 1.06. The van der Waals surface area contributed by atoms with Crippen molar-refractivity contribution in [1.29, 1.82) is 0 Å². The van der Waals surface area contributed by atoms with Gasteiger partial charge in [0.15, 0.2) is 0 Å². The van der Waals surface area contributed by atoms with Crippen LogP contribution in [0.25, 0.3) is 0 Å². The first kappa shape index (κ1) is 15.0. The van der Waals surface area contributed by atoms with Crippen molar-refractivity contribution in [3.63, 3.8) is 0 Å². The molecule has 1 aliphatic carbocycles. The van der Waals surface area contributed by atoms with E-state index in [1.54, 1.807) is 0 Å². The molecule has 1 atom stereocenters. The Labute approximate surface area is 135 Å². The van der Waals surface area contributed by atoms with Crippen molar-refractivity contribution in [2.24, 2.45) is 5.92 Å². The van der Waals surface area contributed by atoms with Gasteiger partial charge in [-0.1, -0.05) is 15.9 Å². The van der Waals surface area contributed by atoms with E-state index in [1.807, 2.05) is 25.1 Å². The van der Waals surface area contributed by atoms with Crippen molar-refractivity contribution < 1.29 is 4.79 Å². The van der Waals surface area contributed by atoms with Gasteiger partial charge in [-0.2, -0.15) is 0 Å². The Kier molecular flexibility index (Phi) is 4.65. The van der Waals surface area contributed by atoms with Crippen molar-refractivity contribution in [2.75, 3.05) is 19.6 Å². The van der Waals surface area contributed by atoms with Gasteiger partial charge in [0.25, 0.3) is 5.91 Å². The molecule has 4 heteroatoms. The molecule has 0 spiro atoms. The number of nitrogens with one attached hydrogen (secondary N) is 1. The number of hydrogen-bond acceptors (Lipinski definition) is 2. The molecular formula is C17H23BrN2O. The summed E-state index contributed by atoms with van der Waals surface area (Å²) in [4.78, 5) is 14.9. The van der Waals surface area contributed by atoms with Crippen LogP contribution in [0.15, 0.2) is 22.7 Å². The van der Waals surface area contributed by atoms with Crippen LogP contribution in [0, 0.1) is 12.8 Å². The Balaban J connectivity index is 1.73. The topological polar surface area (TPSA) is 32.3 Å². The van der Waals surface area contributed by atoms with Crippen molar-refractivity contribution in [1.82, 2.24) is 10.2 Å². The van der Waals surface area contributed by atoms with Gasteiger partial charge < -0.3 is 10.2 Å². The molecule has 114 valence electrons. The Bertz CT molecular complexity index is 522.